The minimum absolute atomic E-state index is 0.542. The third kappa shape index (κ3) is 19.8. The molecule has 0 aromatic heterocycles. The molecular formula is C126H110N6. The van der Waals surface area contributed by atoms with Crippen molar-refractivity contribution in [2.24, 2.45) is 0 Å². The highest BCUT2D eigenvalue weighted by atomic mass is 15.2. The van der Waals surface area contributed by atoms with Crippen molar-refractivity contribution in [1.82, 2.24) is 0 Å². The summed E-state index contributed by atoms with van der Waals surface area (Å²) in [6.45, 7) is 13.6. The van der Waals surface area contributed by atoms with Gasteiger partial charge in [-0.3, -0.25) is 0 Å². The molecule has 132 heavy (non-hydrogen) atoms. The van der Waals surface area contributed by atoms with Crippen LogP contribution in [0.5, 0.6) is 0 Å². The monoisotopic (exact) mass is 1710 g/mol. The second kappa shape index (κ2) is 41.4. The van der Waals surface area contributed by atoms with Gasteiger partial charge in [-0.05, 0) is 315 Å². The standard InChI is InChI=1S/2C44H38N2.C38H34N2/c1-3-33(2)34-21-25-39(26-22-34)45(38-17-8-5-9-18-38)40-29-31-42(32-30-40)46(44-20-12-16-37-15-10-11-19-43(37)44)41-27-23-36(24-28-41)35-13-6-4-7-14-35;1-3-33(2)34-18-23-40(24-19-34)45(39-16-8-5-9-17-39)42-28-30-43(31-29-42)46(44-27-22-36-14-10-11-15-38(36)32-44)41-25-20-37(21-26-41)35-12-6-4-7-13-35;1-3-29(2)30-18-21-35(22-19-30)39(33-14-6-4-7-15-33)36-24-26-37(27-25-36)40(34-16-8-5-9-17-34)38-23-20-31-12-10-11-13-32(31)28-38/h2*4-33H,3H2,1-2H3;4-29H,3H2,1-2H3. The van der Waals surface area contributed by atoms with Crippen molar-refractivity contribution in [3.63, 3.8) is 0 Å². The van der Waals surface area contributed by atoms with Crippen molar-refractivity contribution in [3.8, 4) is 22.3 Å². The molecule has 0 amide bonds. The van der Waals surface area contributed by atoms with Crippen LogP contribution in [0.25, 0.3) is 54.6 Å². The normalized spacial score (nSPS) is 11.7. The number of anilines is 18. The molecule has 6 nitrogen and oxygen atoms in total. The van der Waals surface area contributed by atoms with E-state index in [1.165, 1.54) is 71.3 Å². The molecule has 0 radical (unpaired) electrons. The topological polar surface area (TPSA) is 19.4 Å². The summed E-state index contributed by atoms with van der Waals surface area (Å²) < 4.78 is 0. The van der Waals surface area contributed by atoms with E-state index in [9.17, 15) is 0 Å². The van der Waals surface area contributed by atoms with Crippen LogP contribution in [0.2, 0.25) is 0 Å². The summed E-state index contributed by atoms with van der Waals surface area (Å²) in [6.07, 6.45) is 3.40. The lowest BCUT2D eigenvalue weighted by Crippen LogP contribution is -2.12. The van der Waals surface area contributed by atoms with E-state index in [0.717, 1.165) is 122 Å². The third-order valence-electron chi connectivity index (χ3n) is 25.6. The zero-order valence-electron chi connectivity index (χ0n) is 76.0. The lowest BCUT2D eigenvalue weighted by Gasteiger charge is -2.29. The van der Waals surface area contributed by atoms with Crippen molar-refractivity contribution >= 4 is 135 Å². The fourth-order valence-corrected chi connectivity index (χ4v) is 17.7. The molecule has 3 unspecified atom stereocenters. The first-order valence-electron chi connectivity index (χ1n) is 46.5. The Kier molecular flexibility index (Phi) is 27.2. The Bertz CT molecular complexity index is 7060. The number of para-hydroxylation sites is 4. The summed E-state index contributed by atoms with van der Waals surface area (Å²) in [5.41, 5.74) is 29.3. The summed E-state index contributed by atoms with van der Waals surface area (Å²) >= 11 is 0. The van der Waals surface area contributed by atoms with Gasteiger partial charge in [-0.1, -0.05) is 333 Å². The summed E-state index contributed by atoms with van der Waals surface area (Å²) in [6, 6.07) is 181. The Morgan fingerprint density at radius 2 is 0.348 bits per heavy atom. The van der Waals surface area contributed by atoms with E-state index >= 15 is 0 Å². The van der Waals surface area contributed by atoms with E-state index < -0.39 is 0 Å². The molecule has 644 valence electrons. The van der Waals surface area contributed by atoms with Crippen LogP contribution in [0.1, 0.15) is 95.2 Å². The minimum atomic E-state index is 0.542. The molecule has 0 fully saturated rings. The third-order valence-corrected chi connectivity index (χ3v) is 25.6. The van der Waals surface area contributed by atoms with Gasteiger partial charge in [0.05, 0.1) is 5.69 Å². The highest BCUT2D eigenvalue weighted by Crippen LogP contribution is 2.47. The average molecular weight is 1710 g/mol. The fourth-order valence-electron chi connectivity index (χ4n) is 17.7. The van der Waals surface area contributed by atoms with Crippen LogP contribution in [0.4, 0.5) is 102 Å². The van der Waals surface area contributed by atoms with Gasteiger partial charge in [0.1, 0.15) is 0 Å². The first-order valence-corrected chi connectivity index (χ1v) is 46.5. The van der Waals surface area contributed by atoms with Gasteiger partial charge in [0.2, 0.25) is 0 Å². The van der Waals surface area contributed by atoms with Crippen LogP contribution in [-0.4, -0.2) is 0 Å². The number of nitrogens with zero attached hydrogens (tertiary/aromatic N) is 6. The summed E-state index contributed by atoms with van der Waals surface area (Å²) in [4.78, 5) is 14.0. The van der Waals surface area contributed by atoms with Gasteiger partial charge in [-0.15, -0.1) is 0 Å². The van der Waals surface area contributed by atoms with Gasteiger partial charge in [0, 0.05) is 102 Å². The molecule has 6 heteroatoms. The van der Waals surface area contributed by atoms with E-state index in [4.69, 9.17) is 0 Å². The van der Waals surface area contributed by atoms with Crippen LogP contribution in [0, 0.1) is 0 Å². The molecular weight excluding hydrogens is 1600 g/mol. The Balaban J connectivity index is 0.000000133. The maximum absolute atomic E-state index is 2.37. The largest absolute Gasteiger partial charge is 0.311 e. The molecule has 20 rings (SSSR count). The molecule has 0 heterocycles. The van der Waals surface area contributed by atoms with E-state index in [0.29, 0.717) is 17.8 Å². The number of fused-ring (bicyclic) bond motifs is 3. The summed E-state index contributed by atoms with van der Waals surface area (Å²) in [5.74, 6) is 1.64. The Hall–Kier alpha value is -16.0. The van der Waals surface area contributed by atoms with Gasteiger partial charge in [0.15, 0.2) is 0 Å². The minimum Gasteiger partial charge on any atom is -0.311 e. The van der Waals surface area contributed by atoms with Gasteiger partial charge >= 0.3 is 0 Å². The van der Waals surface area contributed by atoms with Gasteiger partial charge in [-0.25, -0.2) is 0 Å². The number of benzene rings is 20. The van der Waals surface area contributed by atoms with Gasteiger partial charge < -0.3 is 29.4 Å². The first-order chi connectivity index (χ1) is 65.1. The van der Waals surface area contributed by atoms with Crippen molar-refractivity contribution in [1.29, 1.82) is 0 Å². The fraction of sp³-hybridized carbons (Fsp3) is 0.0952. The Morgan fingerprint density at radius 3 is 0.636 bits per heavy atom. The second-order valence-corrected chi connectivity index (χ2v) is 34.0. The number of hydrogen-bond acceptors (Lipinski definition) is 6. The molecule has 0 aliphatic heterocycles. The molecule has 0 saturated carbocycles. The average Bonchev–Trinajstić information content (AvgIpc) is 0.723. The van der Waals surface area contributed by atoms with E-state index in [-0.39, 0.29) is 0 Å². The Morgan fingerprint density at radius 1 is 0.152 bits per heavy atom. The van der Waals surface area contributed by atoms with E-state index in [1.807, 2.05) is 0 Å². The molecule has 20 aromatic carbocycles. The lowest BCUT2D eigenvalue weighted by molar-refractivity contribution is 0.733. The van der Waals surface area contributed by atoms with Crippen LogP contribution in [-0.2, 0) is 0 Å². The molecule has 0 spiro atoms. The molecule has 0 saturated heterocycles. The molecule has 3 atom stereocenters. The summed E-state index contributed by atoms with van der Waals surface area (Å²) in [7, 11) is 0. The van der Waals surface area contributed by atoms with Crippen molar-refractivity contribution in [2.45, 2.75) is 78.6 Å². The SMILES string of the molecule is CCC(C)c1ccc(N(c2ccccc2)c2ccc(N(c3ccc(-c4ccccc4)cc3)c3ccc4ccccc4c3)cc2)cc1.CCC(C)c1ccc(N(c2ccccc2)c2ccc(N(c3ccc(-c4ccccc4)cc3)c3cccc4ccccc34)cc2)cc1.CCC(C)c1ccc(N(c2ccccc2)c2ccc(N(c3ccccc3)c3ccc4ccccc4c3)cc2)cc1. The smallest absolute Gasteiger partial charge is 0.0540 e. The quantitative estimate of drug-likeness (QED) is 0.0534. The predicted molar refractivity (Wildman–Crippen MR) is 567 cm³/mol. The van der Waals surface area contributed by atoms with Gasteiger partial charge in [-0.2, -0.15) is 0 Å². The van der Waals surface area contributed by atoms with Crippen molar-refractivity contribution in [3.05, 3.63) is 520 Å². The van der Waals surface area contributed by atoms with Crippen molar-refractivity contribution in [2.75, 3.05) is 29.4 Å². The van der Waals surface area contributed by atoms with Gasteiger partial charge in [0.25, 0.3) is 0 Å². The summed E-state index contributed by atoms with van der Waals surface area (Å²) in [5, 5.41) is 7.37. The molecule has 0 aliphatic carbocycles. The highest BCUT2D eigenvalue weighted by molar-refractivity contribution is 6.00. The highest BCUT2D eigenvalue weighted by Gasteiger charge is 2.23. The van der Waals surface area contributed by atoms with E-state index in [2.05, 4.69) is 574 Å². The molecule has 0 N–H and O–H groups in total. The second-order valence-electron chi connectivity index (χ2n) is 34.0. The first kappa shape index (κ1) is 86.7. The van der Waals surface area contributed by atoms with Crippen LogP contribution >= 0.6 is 0 Å². The number of hydrogen-bond donors (Lipinski definition) is 0. The predicted octanol–water partition coefficient (Wildman–Crippen LogP) is 37.2. The number of rotatable bonds is 26. The Labute approximate surface area is 779 Å². The van der Waals surface area contributed by atoms with Crippen LogP contribution in [0.3, 0.4) is 0 Å². The molecule has 0 bridgehead atoms. The van der Waals surface area contributed by atoms with E-state index in [1.54, 1.807) is 0 Å². The maximum Gasteiger partial charge on any atom is 0.0540 e. The zero-order valence-corrected chi connectivity index (χ0v) is 76.0. The van der Waals surface area contributed by atoms with Crippen molar-refractivity contribution < 1.29 is 0 Å². The molecule has 0 aliphatic rings. The maximum atomic E-state index is 2.37. The molecule has 20 aromatic rings. The van der Waals surface area contributed by atoms with Crippen LogP contribution < -0.4 is 29.4 Å². The lowest BCUT2D eigenvalue weighted by atomic mass is 9.98. The zero-order chi connectivity index (χ0) is 89.9. The van der Waals surface area contributed by atoms with Crippen LogP contribution in [0.15, 0.2) is 504 Å².